The lowest BCUT2D eigenvalue weighted by Crippen LogP contribution is -2.63. The Kier molecular flexibility index (Phi) is 1.57. The molecule has 1 aliphatic carbocycles. The first-order valence-corrected chi connectivity index (χ1v) is 4.63. The van der Waals surface area contributed by atoms with Gasteiger partial charge in [0.2, 0.25) is 0 Å². The third-order valence-corrected chi connectivity index (χ3v) is 3.22. The van der Waals surface area contributed by atoms with E-state index < -0.39 is 0 Å². The third kappa shape index (κ3) is 0.943. The molecule has 2 rings (SSSR count). The maximum Gasteiger partial charge on any atom is 0.0165 e. The summed E-state index contributed by atoms with van der Waals surface area (Å²) in [5, 5.41) is 3.54. The van der Waals surface area contributed by atoms with E-state index in [1.807, 2.05) is 0 Å². The fourth-order valence-corrected chi connectivity index (χ4v) is 2.57. The smallest absolute Gasteiger partial charge is 0.0165 e. The van der Waals surface area contributed by atoms with Crippen LogP contribution in [0.2, 0.25) is 0 Å². The Bertz CT molecular complexity index is 173. The highest BCUT2D eigenvalue weighted by Gasteiger charge is 2.47. The van der Waals surface area contributed by atoms with Crippen LogP contribution in [-0.2, 0) is 0 Å². The van der Waals surface area contributed by atoms with Gasteiger partial charge in [-0.25, -0.2) is 0 Å². The van der Waals surface area contributed by atoms with Crippen molar-refractivity contribution in [2.75, 3.05) is 6.54 Å². The van der Waals surface area contributed by atoms with Gasteiger partial charge >= 0.3 is 0 Å². The molecule has 1 atom stereocenters. The number of rotatable bonds is 1. The fourth-order valence-electron chi connectivity index (χ4n) is 2.57. The fraction of sp³-hybridized carbons (Fsp3) is 0.800. The van der Waals surface area contributed by atoms with Crippen LogP contribution in [0.3, 0.4) is 0 Å². The zero-order valence-electron chi connectivity index (χ0n) is 7.43. The normalized spacial score (nSPS) is 33.2. The van der Waals surface area contributed by atoms with Crippen LogP contribution >= 0.6 is 0 Å². The van der Waals surface area contributed by atoms with Crippen molar-refractivity contribution in [3.63, 3.8) is 0 Å². The maximum atomic E-state index is 3.54. The molecule has 1 spiro atoms. The molecule has 1 aliphatic heterocycles. The summed E-state index contributed by atoms with van der Waals surface area (Å²) < 4.78 is 0. The summed E-state index contributed by atoms with van der Waals surface area (Å²) in [6.45, 7) is 5.87. The monoisotopic (exact) mass is 151 g/mol. The standard InChI is InChI=1S/C10H17N/c1-8(2)9-10(7-11-9)5-3-4-6-10/h3-4,8-9,11H,5-7H2,1-2H3. The van der Waals surface area contributed by atoms with Crippen LogP contribution in [0.4, 0.5) is 0 Å². The van der Waals surface area contributed by atoms with E-state index in [2.05, 4.69) is 31.3 Å². The summed E-state index contributed by atoms with van der Waals surface area (Å²) in [5.41, 5.74) is 0.633. The third-order valence-electron chi connectivity index (χ3n) is 3.22. The SMILES string of the molecule is CC(C)C1NCC12CC=CC2. The maximum absolute atomic E-state index is 3.54. The number of nitrogens with one attached hydrogen (secondary N) is 1. The van der Waals surface area contributed by atoms with Crippen molar-refractivity contribution < 1.29 is 0 Å². The molecular weight excluding hydrogens is 134 g/mol. The van der Waals surface area contributed by atoms with Crippen LogP contribution in [0, 0.1) is 11.3 Å². The molecule has 0 radical (unpaired) electrons. The van der Waals surface area contributed by atoms with Crippen molar-refractivity contribution in [2.24, 2.45) is 11.3 Å². The highest BCUT2D eigenvalue weighted by molar-refractivity contribution is 5.14. The number of hydrogen-bond acceptors (Lipinski definition) is 1. The average molecular weight is 151 g/mol. The average Bonchev–Trinajstić information content (AvgIpc) is 2.31. The first-order valence-electron chi connectivity index (χ1n) is 4.63. The zero-order valence-corrected chi connectivity index (χ0v) is 7.43. The van der Waals surface area contributed by atoms with E-state index in [9.17, 15) is 0 Å². The summed E-state index contributed by atoms with van der Waals surface area (Å²) in [5.74, 6) is 0.795. The Hall–Kier alpha value is -0.300. The second-order valence-corrected chi connectivity index (χ2v) is 4.34. The van der Waals surface area contributed by atoms with Gasteiger partial charge in [-0.3, -0.25) is 0 Å². The van der Waals surface area contributed by atoms with Gasteiger partial charge < -0.3 is 5.32 Å². The van der Waals surface area contributed by atoms with E-state index in [0.29, 0.717) is 5.41 Å². The summed E-state index contributed by atoms with van der Waals surface area (Å²) in [6.07, 6.45) is 7.30. The second kappa shape index (κ2) is 2.34. The lowest BCUT2D eigenvalue weighted by molar-refractivity contribution is 0.0620. The largest absolute Gasteiger partial charge is 0.312 e. The molecule has 11 heavy (non-hydrogen) atoms. The number of allylic oxidation sites excluding steroid dienone is 2. The molecule has 0 aromatic heterocycles. The van der Waals surface area contributed by atoms with E-state index in [4.69, 9.17) is 0 Å². The van der Waals surface area contributed by atoms with Gasteiger partial charge in [0.25, 0.3) is 0 Å². The van der Waals surface area contributed by atoms with Crippen molar-refractivity contribution in [3.05, 3.63) is 12.2 Å². The first kappa shape index (κ1) is 7.35. The van der Waals surface area contributed by atoms with Gasteiger partial charge in [-0.15, -0.1) is 0 Å². The van der Waals surface area contributed by atoms with Gasteiger partial charge in [-0.2, -0.15) is 0 Å². The Morgan fingerprint density at radius 1 is 1.36 bits per heavy atom. The molecule has 2 aliphatic rings. The molecular formula is C10H17N. The predicted molar refractivity (Wildman–Crippen MR) is 47.4 cm³/mol. The lowest BCUT2D eigenvalue weighted by Gasteiger charge is -2.50. The Balaban J connectivity index is 2.05. The Morgan fingerprint density at radius 2 is 2.00 bits per heavy atom. The Labute approximate surface area is 68.9 Å². The minimum Gasteiger partial charge on any atom is -0.312 e. The van der Waals surface area contributed by atoms with Gasteiger partial charge in [0.05, 0.1) is 0 Å². The van der Waals surface area contributed by atoms with Crippen LogP contribution in [-0.4, -0.2) is 12.6 Å². The predicted octanol–water partition coefficient (Wildman–Crippen LogP) is 1.95. The molecule has 1 heterocycles. The van der Waals surface area contributed by atoms with Crippen LogP contribution < -0.4 is 5.32 Å². The van der Waals surface area contributed by atoms with Gasteiger partial charge in [0.1, 0.15) is 0 Å². The summed E-state index contributed by atoms with van der Waals surface area (Å²) in [4.78, 5) is 0. The van der Waals surface area contributed by atoms with Crippen molar-refractivity contribution in [3.8, 4) is 0 Å². The topological polar surface area (TPSA) is 12.0 Å². The molecule has 1 N–H and O–H groups in total. The molecule has 0 aromatic carbocycles. The molecule has 1 nitrogen and oxygen atoms in total. The molecule has 1 fully saturated rings. The zero-order chi connectivity index (χ0) is 7.90. The van der Waals surface area contributed by atoms with E-state index in [-0.39, 0.29) is 0 Å². The summed E-state index contributed by atoms with van der Waals surface area (Å²) >= 11 is 0. The quantitative estimate of drug-likeness (QED) is 0.565. The number of hydrogen-bond donors (Lipinski definition) is 1. The molecule has 1 heteroatoms. The van der Waals surface area contributed by atoms with Gasteiger partial charge in [0.15, 0.2) is 0 Å². The second-order valence-electron chi connectivity index (χ2n) is 4.34. The van der Waals surface area contributed by atoms with Gasteiger partial charge in [0, 0.05) is 18.0 Å². The molecule has 1 saturated heterocycles. The van der Waals surface area contributed by atoms with Gasteiger partial charge in [-0.1, -0.05) is 26.0 Å². The molecule has 1 unspecified atom stereocenters. The molecule has 62 valence electrons. The van der Waals surface area contributed by atoms with Crippen LogP contribution in [0.25, 0.3) is 0 Å². The van der Waals surface area contributed by atoms with E-state index >= 15 is 0 Å². The highest BCUT2D eigenvalue weighted by Crippen LogP contribution is 2.44. The Morgan fingerprint density at radius 3 is 2.36 bits per heavy atom. The molecule has 0 saturated carbocycles. The summed E-state index contributed by atoms with van der Waals surface area (Å²) in [7, 11) is 0. The molecule has 0 aromatic rings. The summed E-state index contributed by atoms with van der Waals surface area (Å²) in [6, 6.07) is 0.775. The highest BCUT2D eigenvalue weighted by atomic mass is 15.0. The van der Waals surface area contributed by atoms with Crippen molar-refractivity contribution >= 4 is 0 Å². The minimum absolute atomic E-state index is 0.633. The lowest BCUT2D eigenvalue weighted by atomic mass is 9.67. The van der Waals surface area contributed by atoms with Crippen molar-refractivity contribution in [1.82, 2.24) is 5.32 Å². The van der Waals surface area contributed by atoms with Crippen molar-refractivity contribution in [2.45, 2.75) is 32.7 Å². The molecule has 0 amide bonds. The van der Waals surface area contributed by atoms with E-state index in [1.54, 1.807) is 0 Å². The van der Waals surface area contributed by atoms with Crippen molar-refractivity contribution in [1.29, 1.82) is 0 Å². The van der Waals surface area contributed by atoms with E-state index in [0.717, 1.165) is 12.0 Å². The minimum atomic E-state index is 0.633. The first-order chi connectivity index (χ1) is 5.25. The molecule has 0 bridgehead atoms. The van der Waals surface area contributed by atoms with E-state index in [1.165, 1.54) is 19.4 Å². The van der Waals surface area contributed by atoms with Crippen LogP contribution in [0.15, 0.2) is 12.2 Å². The van der Waals surface area contributed by atoms with Gasteiger partial charge in [-0.05, 0) is 18.8 Å². The van der Waals surface area contributed by atoms with Crippen LogP contribution in [0.5, 0.6) is 0 Å². The van der Waals surface area contributed by atoms with Crippen LogP contribution in [0.1, 0.15) is 26.7 Å².